The molecule has 0 aliphatic carbocycles. The molecule has 1 aliphatic heterocycles. The Balaban J connectivity index is 1.58. The van der Waals surface area contributed by atoms with Crippen molar-refractivity contribution in [2.24, 2.45) is 0 Å². The number of aromatic nitrogens is 2. The average molecular weight is 396 g/mol. The molecule has 2 heterocycles. The standard InChI is InChI=1S/C23H28N2O4/c1-2-15-3-5-16(6-4-15)9-10-25-21-11-17(7-8-20(21)24-23(25)28)22-13-18(27)12-19(14-26)29-22/h3-8,11,18-19,22,26-27H,2,9-10,12-14H2,1H3,(H,24,28)/t18-,19?,22?/m0/s1. The fraction of sp³-hybridized carbons (Fsp3) is 0.435. The fourth-order valence-electron chi connectivity index (χ4n) is 4.10. The molecule has 6 nitrogen and oxygen atoms in total. The predicted molar refractivity (Wildman–Crippen MR) is 112 cm³/mol. The largest absolute Gasteiger partial charge is 0.394 e. The Morgan fingerprint density at radius 2 is 1.90 bits per heavy atom. The molecule has 3 aromatic rings. The zero-order valence-corrected chi connectivity index (χ0v) is 16.7. The first-order valence-corrected chi connectivity index (χ1v) is 10.3. The highest BCUT2D eigenvalue weighted by molar-refractivity contribution is 5.76. The lowest BCUT2D eigenvalue weighted by molar-refractivity contribution is -0.113. The second-order valence-corrected chi connectivity index (χ2v) is 7.83. The number of nitrogens with zero attached hydrogens (tertiary/aromatic N) is 1. The van der Waals surface area contributed by atoms with Crippen LogP contribution in [0.2, 0.25) is 0 Å². The Morgan fingerprint density at radius 1 is 1.14 bits per heavy atom. The van der Waals surface area contributed by atoms with Crippen molar-refractivity contribution in [2.45, 2.75) is 57.5 Å². The molecule has 1 aliphatic rings. The average Bonchev–Trinajstić information content (AvgIpc) is 3.06. The summed E-state index contributed by atoms with van der Waals surface area (Å²) in [5.74, 6) is 0. The van der Waals surface area contributed by atoms with Crippen molar-refractivity contribution in [3.63, 3.8) is 0 Å². The molecular weight excluding hydrogens is 368 g/mol. The number of imidazole rings is 1. The van der Waals surface area contributed by atoms with Gasteiger partial charge in [0.1, 0.15) is 0 Å². The summed E-state index contributed by atoms with van der Waals surface area (Å²) in [7, 11) is 0. The van der Waals surface area contributed by atoms with Crippen LogP contribution in [0.15, 0.2) is 47.3 Å². The van der Waals surface area contributed by atoms with Crippen LogP contribution in [0.3, 0.4) is 0 Å². The smallest absolute Gasteiger partial charge is 0.326 e. The van der Waals surface area contributed by atoms with Crippen LogP contribution < -0.4 is 5.69 Å². The van der Waals surface area contributed by atoms with Gasteiger partial charge in [0, 0.05) is 19.4 Å². The van der Waals surface area contributed by atoms with E-state index in [9.17, 15) is 15.0 Å². The summed E-state index contributed by atoms with van der Waals surface area (Å²) in [6.07, 6.45) is 1.56. The van der Waals surface area contributed by atoms with E-state index in [-0.39, 0.29) is 24.5 Å². The van der Waals surface area contributed by atoms with Gasteiger partial charge in [-0.1, -0.05) is 37.3 Å². The lowest BCUT2D eigenvalue weighted by atomic mass is 9.96. The van der Waals surface area contributed by atoms with E-state index in [4.69, 9.17) is 4.74 Å². The van der Waals surface area contributed by atoms with Gasteiger partial charge >= 0.3 is 5.69 Å². The van der Waals surface area contributed by atoms with E-state index >= 15 is 0 Å². The molecule has 2 unspecified atom stereocenters. The topological polar surface area (TPSA) is 87.5 Å². The first-order chi connectivity index (χ1) is 14.1. The van der Waals surface area contributed by atoms with Gasteiger partial charge in [-0.2, -0.15) is 0 Å². The number of aliphatic hydroxyl groups excluding tert-OH is 2. The highest BCUT2D eigenvalue weighted by Gasteiger charge is 2.29. The van der Waals surface area contributed by atoms with Crippen molar-refractivity contribution in [2.75, 3.05) is 6.61 Å². The highest BCUT2D eigenvalue weighted by Crippen LogP contribution is 2.32. The lowest BCUT2D eigenvalue weighted by Gasteiger charge is -2.32. The van der Waals surface area contributed by atoms with Gasteiger partial charge in [-0.25, -0.2) is 4.79 Å². The molecule has 29 heavy (non-hydrogen) atoms. The van der Waals surface area contributed by atoms with Crippen LogP contribution in [0.1, 0.15) is 42.6 Å². The molecule has 6 heteroatoms. The summed E-state index contributed by atoms with van der Waals surface area (Å²) in [5, 5.41) is 19.5. The molecule has 3 atom stereocenters. The fourth-order valence-corrected chi connectivity index (χ4v) is 4.10. The molecule has 1 aromatic heterocycles. The maximum Gasteiger partial charge on any atom is 0.326 e. The second kappa shape index (κ2) is 8.53. The molecule has 3 N–H and O–H groups in total. The third kappa shape index (κ3) is 4.29. The number of hydrogen-bond donors (Lipinski definition) is 3. The molecule has 0 spiro atoms. The molecule has 2 aromatic carbocycles. The van der Waals surface area contributed by atoms with Crippen LogP contribution in [-0.2, 0) is 24.1 Å². The lowest BCUT2D eigenvalue weighted by Crippen LogP contribution is -2.33. The monoisotopic (exact) mass is 396 g/mol. The summed E-state index contributed by atoms with van der Waals surface area (Å²) < 4.78 is 7.69. The third-order valence-electron chi connectivity index (χ3n) is 5.81. The van der Waals surface area contributed by atoms with Gasteiger partial charge in [0.25, 0.3) is 0 Å². The van der Waals surface area contributed by atoms with Gasteiger partial charge in [0.2, 0.25) is 0 Å². The molecule has 0 bridgehead atoms. The first kappa shape index (κ1) is 19.9. The minimum absolute atomic E-state index is 0.110. The number of aromatic amines is 1. The number of ether oxygens (including phenoxy) is 1. The number of fused-ring (bicyclic) bond motifs is 1. The summed E-state index contributed by atoms with van der Waals surface area (Å²) >= 11 is 0. The number of aliphatic hydroxyl groups is 2. The number of nitrogens with one attached hydrogen (secondary N) is 1. The van der Waals surface area contributed by atoms with E-state index in [1.807, 2.05) is 18.2 Å². The Kier molecular flexibility index (Phi) is 5.85. The van der Waals surface area contributed by atoms with Crippen LogP contribution in [0.5, 0.6) is 0 Å². The number of H-pyrrole nitrogens is 1. The van der Waals surface area contributed by atoms with Gasteiger partial charge in [-0.15, -0.1) is 0 Å². The van der Waals surface area contributed by atoms with E-state index in [1.54, 1.807) is 4.57 Å². The van der Waals surface area contributed by atoms with Gasteiger partial charge in [0.15, 0.2) is 0 Å². The normalized spacial score (nSPS) is 22.2. The van der Waals surface area contributed by atoms with Crippen LogP contribution in [0, 0.1) is 0 Å². The molecule has 0 radical (unpaired) electrons. The van der Waals surface area contributed by atoms with E-state index in [2.05, 4.69) is 36.2 Å². The molecule has 1 saturated heterocycles. The second-order valence-electron chi connectivity index (χ2n) is 7.83. The minimum Gasteiger partial charge on any atom is -0.394 e. The molecule has 0 amide bonds. The van der Waals surface area contributed by atoms with E-state index in [1.165, 1.54) is 11.1 Å². The van der Waals surface area contributed by atoms with Crippen LogP contribution in [0.25, 0.3) is 11.0 Å². The summed E-state index contributed by atoms with van der Waals surface area (Å²) in [4.78, 5) is 15.4. The number of benzene rings is 2. The summed E-state index contributed by atoms with van der Waals surface area (Å²) in [6.45, 7) is 2.61. The maximum atomic E-state index is 12.5. The number of hydrogen-bond acceptors (Lipinski definition) is 4. The molecule has 1 fully saturated rings. The molecular formula is C23H28N2O4. The third-order valence-corrected chi connectivity index (χ3v) is 5.81. The summed E-state index contributed by atoms with van der Waals surface area (Å²) in [5.41, 5.74) is 4.91. The van der Waals surface area contributed by atoms with Gasteiger partial charge in [-0.05, 0) is 41.7 Å². The van der Waals surface area contributed by atoms with Gasteiger partial charge < -0.3 is 19.9 Å². The van der Waals surface area contributed by atoms with Gasteiger partial charge in [-0.3, -0.25) is 4.57 Å². The van der Waals surface area contributed by atoms with Crippen LogP contribution in [0.4, 0.5) is 0 Å². The van der Waals surface area contributed by atoms with E-state index in [0.29, 0.717) is 19.4 Å². The van der Waals surface area contributed by atoms with Crippen molar-refractivity contribution in [1.82, 2.24) is 9.55 Å². The maximum absolute atomic E-state index is 12.5. The number of aryl methyl sites for hydroxylation is 3. The molecule has 4 rings (SSSR count). The molecule has 0 saturated carbocycles. The van der Waals surface area contributed by atoms with Gasteiger partial charge in [0.05, 0.1) is 36.0 Å². The van der Waals surface area contributed by atoms with Crippen molar-refractivity contribution < 1.29 is 14.9 Å². The molecule has 154 valence electrons. The quantitative estimate of drug-likeness (QED) is 0.598. The highest BCUT2D eigenvalue weighted by atomic mass is 16.5. The Morgan fingerprint density at radius 3 is 2.62 bits per heavy atom. The van der Waals surface area contributed by atoms with Crippen molar-refractivity contribution >= 4 is 11.0 Å². The number of rotatable bonds is 6. The van der Waals surface area contributed by atoms with Crippen molar-refractivity contribution in [3.05, 3.63) is 69.6 Å². The predicted octanol–water partition coefficient (Wildman–Crippen LogP) is 2.71. The Hall–Kier alpha value is -2.41. The minimum atomic E-state index is -0.499. The van der Waals surface area contributed by atoms with Crippen molar-refractivity contribution in [3.8, 4) is 0 Å². The summed E-state index contributed by atoms with van der Waals surface area (Å²) in [6, 6.07) is 14.3. The van der Waals surface area contributed by atoms with E-state index < -0.39 is 6.10 Å². The SMILES string of the molecule is CCc1ccc(CCn2c(=O)[nH]c3ccc(C4C[C@@H](O)CC(CO)O4)cc32)cc1. The van der Waals surface area contributed by atoms with Crippen molar-refractivity contribution in [1.29, 1.82) is 0 Å². The van der Waals surface area contributed by atoms with Crippen LogP contribution in [-0.4, -0.2) is 38.6 Å². The van der Waals surface area contributed by atoms with Crippen LogP contribution >= 0.6 is 0 Å². The Labute approximate surface area is 169 Å². The Bertz CT molecular complexity index is 1020. The van der Waals surface area contributed by atoms with E-state index in [0.717, 1.165) is 29.4 Å². The zero-order chi connectivity index (χ0) is 20.4. The first-order valence-electron chi connectivity index (χ1n) is 10.3. The zero-order valence-electron chi connectivity index (χ0n) is 16.7.